The van der Waals surface area contributed by atoms with Gasteiger partial charge in [0, 0.05) is 48.1 Å². The number of nitrogens with one attached hydrogen (secondary N) is 3. The molecule has 3 N–H and O–H groups in total. The Hall–Kier alpha value is -2.83. The van der Waals surface area contributed by atoms with E-state index in [1.807, 2.05) is 11.0 Å². The summed E-state index contributed by atoms with van der Waals surface area (Å²) >= 11 is 0. The zero-order valence-electron chi connectivity index (χ0n) is 14.0. The quantitative estimate of drug-likeness (QED) is 0.736. The molecule has 2 aliphatic rings. The normalized spacial score (nSPS) is 19.7. The van der Waals surface area contributed by atoms with Gasteiger partial charge in [0.1, 0.15) is 6.04 Å². The predicted molar refractivity (Wildman–Crippen MR) is 91.9 cm³/mol. The molecule has 1 fully saturated rings. The van der Waals surface area contributed by atoms with Gasteiger partial charge in [-0.2, -0.15) is 0 Å². The molecule has 0 bridgehead atoms. The van der Waals surface area contributed by atoms with Gasteiger partial charge in [-0.15, -0.1) is 0 Å². The molecule has 7 nitrogen and oxygen atoms in total. The number of carbonyl (C=O) groups is 3. The van der Waals surface area contributed by atoms with E-state index in [2.05, 4.69) is 34.7 Å². The number of para-hydroxylation sites is 1. The number of benzene rings is 1. The van der Waals surface area contributed by atoms with Crippen LogP contribution in [0.5, 0.6) is 0 Å². The van der Waals surface area contributed by atoms with Crippen LogP contribution in [0.2, 0.25) is 0 Å². The van der Waals surface area contributed by atoms with Gasteiger partial charge >= 0.3 is 6.03 Å². The minimum absolute atomic E-state index is 0.0154. The van der Waals surface area contributed by atoms with Crippen LogP contribution >= 0.6 is 0 Å². The van der Waals surface area contributed by atoms with Crippen molar-refractivity contribution in [2.75, 3.05) is 6.54 Å². The summed E-state index contributed by atoms with van der Waals surface area (Å²) in [4.78, 5) is 40.6. The third-order valence-corrected chi connectivity index (χ3v) is 5.08. The van der Waals surface area contributed by atoms with Gasteiger partial charge in [-0.3, -0.25) is 14.9 Å². The summed E-state index contributed by atoms with van der Waals surface area (Å²) in [5.74, 6) is -0.340. The number of hydrogen-bond donors (Lipinski definition) is 3. The fraction of sp³-hybridized carbons (Fsp3) is 0.389. The lowest BCUT2D eigenvalue weighted by Crippen LogP contribution is -2.37. The van der Waals surface area contributed by atoms with Crippen molar-refractivity contribution in [2.24, 2.45) is 0 Å². The third-order valence-electron chi connectivity index (χ3n) is 5.08. The number of carbonyl (C=O) groups excluding carboxylic acids is 3. The zero-order chi connectivity index (χ0) is 17.6. The highest BCUT2D eigenvalue weighted by atomic mass is 16.2. The highest BCUT2D eigenvalue weighted by Crippen LogP contribution is 2.29. The highest BCUT2D eigenvalue weighted by Gasteiger charge is 2.31. The average Bonchev–Trinajstić information content (AvgIpc) is 3.12. The van der Waals surface area contributed by atoms with Gasteiger partial charge in [-0.1, -0.05) is 18.2 Å². The number of amides is 4. The molecule has 1 atom stereocenters. The lowest BCUT2D eigenvalue weighted by atomic mass is 10.0. The van der Waals surface area contributed by atoms with E-state index in [0.29, 0.717) is 19.5 Å². The Bertz CT molecular complexity index is 886. The number of aromatic nitrogens is 1. The lowest BCUT2D eigenvalue weighted by Gasteiger charge is -2.27. The number of nitrogens with zero attached hydrogens (tertiary/aromatic N) is 1. The number of fused-ring (bicyclic) bond motifs is 3. The second kappa shape index (κ2) is 5.91. The predicted octanol–water partition coefficient (Wildman–Crippen LogP) is 1.35. The number of urea groups is 1. The van der Waals surface area contributed by atoms with Gasteiger partial charge in [0.15, 0.2) is 0 Å². The van der Waals surface area contributed by atoms with Gasteiger partial charge < -0.3 is 15.2 Å². The summed E-state index contributed by atoms with van der Waals surface area (Å²) < 4.78 is 0. The fourth-order valence-electron chi connectivity index (χ4n) is 3.69. The molecule has 130 valence electrons. The number of hydrogen-bond acceptors (Lipinski definition) is 3. The van der Waals surface area contributed by atoms with Crippen LogP contribution in [0.3, 0.4) is 0 Å². The summed E-state index contributed by atoms with van der Waals surface area (Å²) in [5, 5.41) is 5.89. The van der Waals surface area contributed by atoms with Crippen LogP contribution in [0, 0.1) is 6.92 Å². The average molecular weight is 340 g/mol. The molecule has 3 heterocycles. The van der Waals surface area contributed by atoms with Crippen molar-refractivity contribution in [3.8, 4) is 0 Å². The van der Waals surface area contributed by atoms with Gasteiger partial charge in [-0.05, 0) is 18.9 Å². The van der Waals surface area contributed by atoms with Crippen molar-refractivity contribution in [1.29, 1.82) is 0 Å². The maximum absolute atomic E-state index is 12.5. The van der Waals surface area contributed by atoms with Crippen molar-refractivity contribution < 1.29 is 14.4 Å². The number of rotatable bonds is 3. The molecule has 4 amide bonds. The first kappa shape index (κ1) is 15.7. The smallest absolute Gasteiger partial charge is 0.322 e. The number of aryl methyl sites for hydroxylation is 1. The second-order valence-corrected chi connectivity index (χ2v) is 6.70. The van der Waals surface area contributed by atoms with Gasteiger partial charge in [-0.25, -0.2) is 4.79 Å². The molecule has 25 heavy (non-hydrogen) atoms. The van der Waals surface area contributed by atoms with E-state index < -0.39 is 12.1 Å². The standard InChI is InChI=1S/C18H20N4O3/c1-10-3-2-4-11-12-9-22(8-7-13(12)19-16(10)11)15(23)6-5-14-17(24)21-18(25)20-14/h2-4,14,19H,5-9H2,1H3,(H2,20,21,24,25)/t14-/m1/s1. The minimum atomic E-state index is -0.604. The van der Waals surface area contributed by atoms with E-state index in [-0.39, 0.29) is 18.2 Å². The molecule has 2 aromatic rings. The van der Waals surface area contributed by atoms with Crippen LogP contribution in [-0.4, -0.2) is 40.3 Å². The van der Waals surface area contributed by atoms with Crippen LogP contribution in [0.25, 0.3) is 10.9 Å². The first-order valence-electron chi connectivity index (χ1n) is 8.51. The Kier molecular flexibility index (Phi) is 3.71. The fourth-order valence-corrected chi connectivity index (χ4v) is 3.69. The summed E-state index contributed by atoms with van der Waals surface area (Å²) in [6.07, 6.45) is 1.37. The lowest BCUT2D eigenvalue weighted by molar-refractivity contribution is -0.132. The molecule has 1 aromatic carbocycles. The van der Waals surface area contributed by atoms with Crippen molar-refractivity contribution in [3.05, 3.63) is 35.0 Å². The molecule has 0 spiro atoms. The molecule has 0 saturated carbocycles. The molecule has 0 radical (unpaired) electrons. The SMILES string of the molecule is Cc1cccc2c3c([nH]c12)CCN(C(=O)CC[C@H]1NC(=O)NC1=O)C3. The molecule has 2 aliphatic heterocycles. The molecular weight excluding hydrogens is 320 g/mol. The van der Waals surface area contributed by atoms with Crippen LogP contribution < -0.4 is 10.6 Å². The van der Waals surface area contributed by atoms with Crippen molar-refractivity contribution in [1.82, 2.24) is 20.5 Å². The number of aromatic amines is 1. The largest absolute Gasteiger partial charge is 0.358 e. The summed E-state index contributed by atoms with van der Waals surface area (Å²) in [6, 6.07) is 5.11. The number of H-pyrrole nitrogens is 1. The van der Waals surface area contributed by atoms with E-state index in [0.717, 1.165) is 11.9 Å². The Morgan fingerprint density at radius 3 is 2.92 bits per heavy atom. The molecular formula is C18H20N4O3. The van der Waals surface area contributed by atoms with Crippen molar-refractivity contribution >= 4 is 28.7 Å². The van der Waals surface area contributed by atoms with Gasteiger partial charge in [0.25, 0.3) is 5.91 Å². The van der Waals surface area contributed by atoms with E-state index in [1.54, 1.807) is 0 Å². The van der Waals surface area contributed by atoms with E-state index in [9.17, 15) is 14.4 Å². The number of imide groups is 1. The highest BCUT2D eigenvalue weighted by molar-refractivity contribution is 6.04. The molecule has 0 aliphatic carbocycles. The van der Waals surface area contributed by atoms with E-state index in [4.69, 9.17) is 0 Å². The van der Waals surface area contributed by atoms with Crippen molar-refractivity contribution in [3.63, 3.8) is 0 Å². The Morgan fingerprint density at radius 2 is 2.16 bits per heavy atom. The molecule has 1 saturated heterocycles. The zero-order valence-corrected chi connectivity index (χ0v) is 14.0. The van der Waals surface area contributed by atoms with Crippen LogP contribution in [0.15, 0.2) is 18.2 Å². The van der Waals surface area contributed by atoms with Crippen LogP contribution in [-0.2, 0) is 22.6 Å². The molecule has 1 aromatic heterocycles. The first-order chi connectivity index (χ1) is 12.0. The van der Waals surface area contributed by atoms with Crippen LogP contribution in [0.4, 0.5) is 4.79 Å². The van der Waals surface area contributed by atoms with Crippen molar-refractivity contribution in [2.45, 2.75) is 38.8 Å². The van der Waals surface area contributed by atoms with Crippen LogP contribution in [0.1, 0.15) is 29.7 Å². The molecule has 0 unspecified atom stereocenters. The van der Waals surface area contributed by atoms with E-state index in [1.165, 1.54) is 22.2 Å². The summed E-state index contributed by atoms with van der Waals surface area (Å²) in [5.41, 5.74) is 4.74. The van der Waals surface area contributed by atoms with Gasteiger partial charge in [0.2, 0.25) is 5.91 Å². The second-order valence-electron chi connectivity index (χ2n) is 6.70. The third kappa shape index (κ3) is 2.75. The molecule has 4 rings (SSSR count). The maximum Gasteiger partial charge on any atom is 0.322 e. The Labute approximate surface area is 144 Å². The monoisotopic (exact) mass is 340 g/mol. The summed E-state index contributed by atoms with van der Waals surface area (Å²) in [7, 11) is 0. The maximum atomic E-state index is 12.5. The molecule has 7 heteroatoms. The Morgan fingerprint density at radius 1 is 1.32 bits per heavy atom. The van der Waals surface area contributed by atoms with E-state index >= 15 is 0 Å². The first-order valence-corrected chi connectivity index (χ1v) is 8.51. The summed E-state index contributed by atoms with van der Waals surface area (Å²) in [6.45, 7) is 3.33. The van der Waals surface area contributed by atoms with Gasteiger partial charge in [0.05, 0.1) is 0 Å². The minimum Gasteiger partial charge on any atom is -0.358 e. The Balaban J connectivity index is 1.46. The topological polar surface area (TPSA) is 94.3 Å².